The van der Waals surface area contributed by atoms with Crippen molar-refractivity contribution < 1.29 is 27.4 Å². The van der Waals surface area contributed by atoms with Crippen molar-refractivity contribution in [3.05, 3.63) is 78.4 Å². The minimum absolute atomic E-state index is 0.0503. The summed E-state index contributed by atoms with van der Waals surface area (Å²) >= 11 is 0. The molecule has 9 nitrogen and oxygen atoms in total. The minimum atomic E-state index is -4.13. The van der Waals surface area contributed by atoms with Crippen LogP contribution in [0.3, 0.4) is 0 Å². The Balaban J connectivity index is 1.78. The van der Waals surface area contributed by atoms with E-state index in [9.17, 15) is 13.2 Å². The Morgan fingerprint density at radius 3 is 2.31 bits per heavy atom. The highest BCUT2D eigenvalue weighted by atomic mass is 32.2. The summed E-state index contributed by atoms with van der Waals surface area (Å²) in [6, 6.07) is 19.8. The van der Waals surface area contributed by atoms with Gasteiger partial charge in [0.05, 0.1) is 37.6 Å². The number of rotatable bonds is 12. The van der Waals surface area contributed by atoms with Crippen molar-refractivity contribution >= 4 is 27.8 Å². The second-order valence-corrected chi connectivity index (χ2v) is 9.44. The van der Waals surface area contributed by atoms with Gasteiger partial charge in [0.25, 0.3) is 15.9 Å². The summed E-state index contributed by atoms with van der Waals surface area (Å²) in [4.78, 5) is 12.6. The van der Waals surface area contributed by atoms with Crippen LogP contribution in [-0.4, -0.2) is 47.9 Å². The third-order valence-corrected chi connectivity index (χ3v) is 6.80. The number of anilines is 1. The van der Waals surface area contributed by atoms with Crippen LogP contribution in [0.4, 0.5) is 5.69 Å². The lowest BCUT2D eigenvalue weighted by Crippen LogP contribution is -2.39. The zero-order valence-corrected chi connectivity index (χ0v) is 21.2. The van der Waals surface area contributed by atoms with Gasteiger partial charge in [-0.15, -0.1) is 0 Å². The van der Waals surface area contributed by atoms with Crippen LogP contribution in [0.5, 0.6) is 17.2 Å². The van der Waals surface area contributed by atoms with E-state index in [0.717, 1.165) is 22.0 Å². The highest BCUT2D eigenvalue weighted by molar-refractivity contribution is 7.92. The molecule has 10 heteroatoms. The Kier molecular flexibility index (Phi) is 9.29. The smallest absolute Gasteiger partial charge is 0.264 e. The van der Waals surface area contributed by atoms with E-state index in [2.05, 4.69) is 10.5 Å². The van der Waals surface area contributed by atoms with Crippen LogP contribution in [-0.2, 0) is 14.8 Å². The number of hydrazone groups is 1. The molecule has 0 bridgehead atoms. The second-order valence-electron chi connectivity index (χ2n) is 7.57. The number of para-hydroxylation sites is 1. The molecular formula is C26H29N3O6S. The molecule has 0 fully saturated rings. The van der Waals surface area contributed by atoms with Gasteiger partial charge in [-0.1, -0.05) is 25.1 Å². The Morgan fingerprint density at radius 2 is 1.67 bits per heavy atom. The lowest BCUT2D eigenvalue weighted by molar-refractivity contribution is -0.119. The Hall–Kier alpha value is -4.05. The first-order chi connectivity index (χ1) is 17.4. The summed E-state index contributed by atoms with van der Waals surface area (Å²) in [7, 11) is -1.25. The fraction of sp³-hybridized carbons (Fsp3) is 0.231. The highest BCUT2D eigenvalue weighted by Crippen LogP contribution is 2.32. The van der Waals surface area contributed by atoms with E-state index in [0.29, 0.717) is 18.0 Å². The zero-order chi connectivity index (χ0) is 26.0. The lowest BCUT2D eigenvalue weighted by Gasteiger charge is -2.24. The van der Waals surface area contributed by atoms with Gasteiger partial charge in [-0.2, -0.15) is 5.10 Å². The molecule has 0 aliphatic heterocycles. The zero-order valence-electron chi connectivity index (χ0n) is 20.4. The molecule has 0 aromatic heterocycles. The number of hydrogen-bond acceptors (Lipinski definition) is 7. The minimum Gasteiger partial charge on any atom is -0.494 e. The van der Waals surface area contributed by atoms with E-state index >= 15 is 0 Å². The van der Waals surface area contributed by atoms with Crippen LogP contribution in [0.1, 0.15) is 18.9 Å². The number of methoxy groups -OCH3 is 2. The monoisotopic (exact) mass is 511 g/mol. The Morgan fingerprint density at radius 1 is 0.972 bits per heavy atom. The summed E-state index contributed by atoms with van der Waals surface area (Å²) in [6.07, 6.45) is 2.38. The summed E-state index contributed by atoms with van der Waals surface area (Å²) in [5.41, 5.74) is 3.47. The van der Waals surface area contributed by atoms with Crippen LogP contribution in [0.25, 0.3) is 0 Å². The van der Waals surface area contributed by atoms with Gasteiger partial charge in [-0.05, 0) is 60.5 Å². The molecule has 36 heavy (non-hydrogen) atoms. The van der Waals surface area contributed by atoms with Crippen LogP contribution in [0.15, 0.2) is 82.8 Å². The topological polar surface area (TPSA) is 107 Å². The molecule has 0 radical (unpaired) electrons. The number of carbonyl (C=O) groups excluding carboxylic acids is 1. The van der Waals surface area contributed by atoms with Gasteiger partial charge in [0.15, 0.2) is 11.5 Å². The van der Waals surface area contributed by atoms with Gasteiger partial charge in [0.2, 0.25) is 0 Å². The number of benzene rings is 3. The first-order valence-electron chi connectivity index (χ1n) is 11.2. The van der Waals surface area contributed by atoms with Crippen molar-refractivity contribution in [1.82, 2.24) is 5.43 Å². The molecule has 1 N–H and O–H groups in total. The molecule has 3 rings (SSSR count). The van der Waals surface area contributed by atoms with E-state index in [4.69, 9.17) is 14.2 Å². The quantitative estimate of drug-likeness (QED) is 0.293. The molecule has 0 aliphatic rings. The number of sulfonamides is 1. The van der Waals surface area contributed by atoms with E-state index in [1.54, 1.807) is 42.5 Å². The molecule has 190 valence electrons. The van der Waals surface area contributed by atoms with E-state index in [1.165, 1.54) is 38.6 Å². The summed E-state index contributed by atoms with van der Waals surface area (Å²) in [5, 5.41) is 3.96. The number of nitrogens with zero attached hydrogens (tertiary/aromatic N) is 2. The van der Waals surface area contributed by atoms with Crippen molar-refractivity contribution in [2.24, 2.45) is 5.10 Å². The molecule has 3 aromatic carbocycles. The van der Waals surface area contributed by atoms with Crippen molar-refractivity contribution in [2.75, 3.05) is 31.7 Å². The van der Waals surface area contributed by atoms with Gasteiger partial charge in [-0.3, -0.25) is 9.10 Å². The van der Waals surface area contributed by atoms with Crippen LogP contribution in [0.2, 0.25) is 0 Å². The predicted molar refractivity (Wildman–Crippen MR) is 138 cm³/mol. The first-order valence-corrected chi connectivity index (χ1v) is 12.7. The summed E-state index contributed by atoms with van der Waals surface area (Å²) in [6.45, 7) is 2.18. The van der Waals surface area contributed by atoms with Gasteiger partial charge in [-0.25, -0.2) is 13.8 Å². The van der Waals surface area contributed by atoms with Gasteiger partial charge >= 0.3 is 0 Å². The maximum Gasteiger partial charge on any atom is 0.264 e. The number of carbonyl (C=O) groups is 1. The van der Waals surface area contributed by atoms with Crippen LogP contribution in [0, 0.1) is 0 Å². The van der Waals surface area contributed by atoms with Crippen LogP contribution >= 0.6 is 0 Å². The average Bonchev–Trinajstić information content (AvgIpc) is 2.91. The van der Waals surface area contributed by atoms with Gasteiger partial charge in [0, 0.05) is 6.07 Å². The van der Waals surface area contributed by atoms with Crippen molar-refractivity contribution in [1.29, 1.82) is 0 Å². The third kappa shape index (κ3) is 6.76. The second kappa shape index (κ2) is 12.6. The largest absolute Gasteiger partial charge is 0.494 e. The van der Waals surface area contributed by atoms with Crippen molar-refractivity contribution in [2.45, 2.75) is 18.2 Å². The number of amides is 1. The highest BCUT2D eigenvalue weighted by Gasteiger charge is 2.28. The van der Waals surface area contributed by atoms with Crippen molar-refractivity contribution in [3.63, 3.8) is 0 Å². The lowest BCUT2D eigenvalue weighted by atomic mass is 10.2. The molecule has 3 aromatic rings. The molecular weight excluding hydrogens is 482 g/mol. The number of ether oxygens (including phenoxy) is 3. The fourth-order valence-electron chi connectivity index (χ4n) is 3.23. The molecule has 0 spiro atoms. The summed E-state index contributed by atoms with van der Waals surface area (Å²) < 4.78 is 44.1. The number of hydrogen-bond donors (Lipinski definition) is 1. The number of nitrogens with one attached hydrogen (secondary N) is 1. The Bertz CT molecular complexity index is 1280. The van der Waals surface area contributed by atoms with E-state index in [1.807, 2.05) is 19.1 Å². The molecule has 1 amide bonds. The molecule has 0 aliphatic carbocycles. The molecule has 0 atom stereocenters. The molecule has 0 unspecified atom stereocenters. The van der Waals surface area contributed by atoms with E-state index in [-0.39, 0.29) is 10.6 Å². The SMILES string of the molecule is CCCOc1ccc(/C=N\NC(=O)CN(c2ccccc2)S(=O)(=O)c2ccc(OC)c(OC)c2)cc1. The molecule has 0 saturated carbocycles. The molecule has 0 heterocycles. The molecule has 0 saturated heterocycles. The predicted octanol–water partition coefficient (Wildman–Crippen LogP) is 3.84. The third-order valence-electron chi connectivity index (χ3n) is 5.03. The van der Waals surface area contributed by atoms with Crippen molar-refractivity contribution in [3.8, 4) is 17.2 Å². The maximum absolute atomic E-state index is 13.5. The van der Waals surface area contributed by atoms with Gasteiger partial charge in [0.1, 0.15) is 12.3 Å². The fourth-order valence-corrected chi connectivity index (χ4v) is 4.67. The standard InChI is InChI=1S/C26H29N3O6S/c1-4-16-35-22-12-10-20(11-13-22)18-27-28-26(30)19-29(21-8-6-5-7-9-21)36(31,32)23-14-15-24(33-2)25(17-23)34-3/h5-15,17-18H,4,16,19H2,1-3H3,(H,28,30)/b27-18-. The Labute approximate surface area is 211 Å². The van der Waals surface area contributed by atoms with E-state index < -0.39 is 22.5 Å². The first kappa shape index (κ1) is 26.6. The maximum atomic E-state index is 13.5. The van der Waals surface area contributed by atoms with Gasteiger partial charge < -0.3 is 14.2 Å². The average molecular weight is 512 g/mol. The normalized spacial score (nSPS) is 11.2. The van der Waals surface area contributed by atoms with Crippen LogP contribution < -0.4 is 23.9 Å². The summed E-state index contributed by atoms with van der Waals surface area (Å²) in [5.74, 6) is 0.783.